The van der Waals surface area contributed by atoms with E-state index in [1.807, 2.05) is 0 Å². The number of hydrogen-bond acceptors (Lipinski definition) is 2. The molecule has 2 bridgehead atoms. The Balaban J connectivity index is 2.03. The van der Waals surface area contributed by atoms with Gasteiger partial charge >= 0.3 is 0 Å². The zero-order valence-electron chi connectivity index (χ0n) is 8.77. The van der Waals surface area contributed by atoms with Crippen molar-refractivity contribution in [2.45, 2.75) is 69.6 Å². The highest BCUT2D eigenvalue weighted by Crippen LogP contribution is 2.46. The average molecular weight is 183 g/mol. The lowest BCUT2D eigenvalue weighted by Gasteiger charge is -2.52. The third-order valence-corrected chi connectivity index (χ3v) is 3.80. The van der Waals surface area contributed by atoms with E-state index < -0.39 is 0 Å². The summed E-state index contributed by atoms with van der Waals surface area (Å²) in [4.78, 5) is 0. The van der Waals surface area contributed by atoms with Gasteiger partial charge in [-0.3, -0.25) is 0 Å². The minimum Gasteiger partial charge on any atom is -0.390 e. The monoisotopic (exact) mass is 183 g/mol. The Bertz CT molecular complexity index is 176. The predicted molar refractivity (Wildman–Crippen MR) is 53.7 cm³/mol. The number of hydrogen-bond donors (Lipinski definition) is 2. The largest absolute Gasteiger partial charge is 0.390 e. The summed E-state index contributed by atoms with van der Waals surface area (Å²) in [6.45, 7) is 4.42. The summed E-state index contributed by atoms with van der Waals surface area (Å²) < 4.78 is 0. The van der Waals surface area contributed by atoms with Gasteiger partial charge in [0.15, 0.2) is 0 Å². The van der Waals surface area contributed by atoms with Gasteiger partial charge in [-0.15, -0.1) is 0 Å². The van der Waals surface area contributed by atoms with E-state index >= 15 is 0 Å². The van der Waals surface area contributed by atoms with Crippen molar-refractivity contribution in [2.24, 2.45) is 0 Å². The van der Waals surface area contributed by atoms with E-state index in [2.05, 4.69) is 19.2 Å². The fraction of sp³-hybridized carbons (Fsp3) is 1.00. The summed E-state index contributed by atoms with van der Waals surface area (Å²) in [5.74, 6) is 0. The molecule has 0 radical (unpaired) electrons. The second-order valence-corrected chi connectivity index (χ2v) is 5.30. The fourth-order valence-electron chi connectivity index (χ4n) is 2.99. The molecule has 2 heteroatoms. The molecule has 2 nitrogen and oxygen atoms in total. The van der Waals surface area contributed by atoms with Crippen LogP contribution in [0.5, 0.6) is 0 Å². The first-order valence-electron chi connectivity index (χ1n) is 5.54. The highest BCUT2D eigenvalue weighted by molar-refractivity contribution is 5.05. The maximum absolute atomic E-state index is 10.0. The summed E-state index contributed by atoms with van der Waals surface area (Å²) in [5, 5.41) is 13.7. The van der Waals surface area contributed by atoms with Crippen LogP contribution in [0, 0.1) is 0 Å². The van der Waals surface area contributed by atoms with Crippen LogP contribution in [0.3, 0.4) is 0 Å². The molecule has 0 heterocycles. The molecule has 3 saturated carbocycles. The third-order valence-electron chi connectivity index (χ3n) is 3.80. The fourth-order valence-corrected chi connectivity index (χ4v) is 2.99. The predicted octanol–water partition coefficient (Wildman–Crippen LogP) is 1.82. The van der Waals surface area contributed by atoms with E-state index in [0.717, 1.165) is 19.3 Å². The van der Waals surface area contributed by atoms with E-state index in [1.165, 1.54) is 19.3 Å². The van der Waals surface area contributed by atoms with E-state index in [-0.39, 0.29) is 5.60 Å². The molecule has 3 aliphatic rings. The van der Waals surface area contributed by atoms with Crippen molar-refractivity contribution < 1.29 is 5.11 Å². The van der Waals surface area contributed by atoms with Crippen LogP contribution >= 0.6 is 0 Å². The van der Waals surface area contributed by atoms with Gasteiger partial charge in [0.25, 0.3) is 0 Å². The van der Waals surface area contributed by atoms with Crippen LogP contribution in [0.2, 0.25) is 0 Å². The first kappa shape index (κ1) is 9.47. The van der Waals surface area contributed by atoms with Crippen LogP contribution in [0.4, 0.5) is 0 Å². The Labute approximate surface area is 80.7 Å². The Hall–Kier alpha value is -0.0800. The van der Waals surface area contributed by atoms with E-state index in [9.17, 15) is 5.11 Å². The third kappa shape index (κ3) is 1.75. The molecular formula is C11H21NO. The molecule has 0 atom stereocenters. The summed E-state index contributed by atoms with van der Waals surface area (Å²) in [7, 11) is 0. The van der Waals surface area contributed by atoms with Gasteiger partial charge in [-0.05, 0) is 38.5 Å². The Morgan fingerprint density at radius 1 is 1.00 bits per heavy atom. The van der Waals surface area contributed by atoms with Crippen LogP contribution in [0.25, 0.3) is 0 Å². The zero-order valence-corrected chi connectivity index (χ0v) is 8.77. The molecule has 76 valence electrons. The van der Waals surface area contributed by atoms with Crippen LogP contribution in [-0.2, 0) is 0 Å². The molecule has 0 aromatic rings. The van der Waals surface area contributed by atoms with Gasteiger partial charge in [0, 0.05) is 11.6 Å². The van der Waals surface area contributed by atoms with Crippen molar-refractivity contribution >= 4 is 0 Å². The average Bonchev–Trinajstić information content (AvgIpc) is 2.07. The molecule has 2 N–H and O–H groups in total. The SMILES string of the molecule is CC(C)NC12CCC(O)(CC1)CC2. The lowest BCUT2D eigenvalue weighted by atomic mass is 9.63. The second kappa shape index (κ2) is 2.96. The van der Waals surface area contributed by atoms with Gasteiger partial charge in [0.05, 0.1) is 5.60 Å². The Morgan fingerprint density at radius 3 is 1.85 bits per heavy atom. The van der Waals surface area contributed by atoms with Gasteiger partial charge < -0.3 is 10.4 Å². The Morgan fingerprint density at radius 2 is 1.46 bits per heavy atom. The van der Waals surface area contributed by atoms with Crippen LogP contribution in [0.1, 0.15) is 52.4 Å². The lowest BCUT2D eigenvalue weighted by molar-refractivity contribution is -0.0742. The molecule has 3 fully saturated rings. The summed E-state index contributed by atoms with van der Waals surface area (Å²) in [6.07, 6.45) is 6.52. The van der Waals surface area contributed by atoms with E-state index in [1.54, 1.807) is 0 Å². The lowest BCUT2D eigenvalue weighted by Crippen LogP contribution is -2.58. The highest BCUT2D eigenvalue weighted by atomic mass is 16.3. The quantitative estimate of drug-likeness (QED) is 0.684. The first-order chi connectivity index (χ1) is 6.04. The molecule has 0 spiro atoms. The van der Waals surface area contributed by atoms with Crippen molar-refractivity contribution in [1.82, 2.24) is 5.32 Å². The maximum Gasteiger partial charge on any atom is 0.0649 e. The molecule has 0 amide bonds. The molecule has 0 saturated heterocycles. The molecule has 0 unspecified atom stereocenters. The molecule has 0 aromatic heterocycles. The topological polar surface area (TPSA) is 32.3 Å². The van der Waals surface area contributed by atoms with Crippen molar-refractivity contribution in [1.29, 1.82) is 0 Å². The summed E-state index contributed by atoms with van der Waals surface area (Å²) in [6, 6.07) is 0.573. The molecule has 13 heavy (non-hydrogen) atoms. The molecule has 0 aromatic carbocycles. The summed E-state index contributed by atoms with van der Waals surface area (Å²) in [5.41, 5.74) is 0.0824. The first-order valence-corrected chi connectivity index (χ1v) is 5.54. The Kier molecular flexibility index (Phi) is 2.16. The zero-order chi connectivity index (χ0) is 9.53. The van der Waals surface area contributed by atoms with Gasteiger partial charge in [-0.2, -0.15) is 0 Å². The second-order valence-electron chi connectivity index (χ2n) is 5.30. The highest BCUT2D eigenvalue weighted by Gasteiger charge is 2.47. The van der Waals surface area contributed by atoms with Crippen molar-refractivity contribution in [3.8, 4) is 0 Å². The standard InChI is InChI=1S/C11H21NO/c1-9(2)12-10-3-6-11(13,7-4-10)8-5-10/h9,12-13H,3-8H2,1-2H3. The number of aliphatic hydroxyl groups is 1. The number of rotatable bonds is 2. The number of fused-ring (bicyclic) bond motifs is 3. The molecular weight excluding hydrogens is 162 g/mol. The molecule has 3 aliphatic carbocycles. The van der Waals surface area contributed by atoms with Crippen LogP contribution < -0.4 is 5.32 Å². The minimum atomic E-state index is -0.291. The van der Waals surface area contributed by atoms with Crippen molar-refractivity contribution in [3.63, 3.8) is 0 Å². The van der Waals surface area contributed by atoms with Gasteiger partial charge in [0.1, 0.15) is 0 Å². The van der Waals surface area contributed by atoms with Crippen LogP contribution in [-0.4, -0.2) is 22.3 Å². The van der Waals surface area contributed by atoms with Crippen LogP contribution in [0.15, 0.2) is 0 Å². The normalized spacial score (nSPS) is 44.3. The van der Waals surface area contributed by atoms with E-state index in [4.69, 9.17) is 0 Å². The van der Waals surface area contributed by atoms with Gasteiger partial charge in [0.2, 0.25) is 0 Å². The minimum absolute atomic E-state index is 0.291. The maximum atomic E-state index is 10.0. The van der Waals surface area contributed by atoms with Crippen molar-refractivity contribution in [2.75, 3.05) is 0 Å². The summed E-state index contributed by atoms with van der Waals surface area (Å²) >= 11 is 0. The number of nitrogens with one attached hydrogen (secondary N) is 1. The van der Waals surface area contributed by atoms with E-state index in [0.29, 0.717) is 11.6 Å². The molecule has 3 rings (SSSR count). The van der Waals surface area contributed by atoms with Crippen molar-refractivity contribution in [3.05, 3.63) is 0 Å². The van der Waals surface area contributed by atoms with Gasteiger partial charge in [-0.1, -0.05) is 13.8 Å². The smallest absolute Gasteiger partial charge is 0.0649 e. The molecule has 0 aliphatic heterocycles. The van der Waals surface area contributed by atoms with Gasteiger partial charge in [-0.25, -0.2) is 0 Å².